The van der Waals surface area contributed by atoms with E-state index in [-0.39, 0.29) is 5.97 Å². The molecular formula is C14H16N2O2S. The Morgan fingerprint density at radius 1 is 1.37 bits per heavy atom. The summed E-state index contributed by atoms with van der Waals surface area (Å²) >= 11 is 1.62. The van der Waals surface area contributed by atoms with Crippen molar-refractivity contribution in [2.75, 3.05) is 12.4 Å². The zero-order valence-corrected chi connectivity index (χ0v) is 11.8. The van der Waals surface area contributed by atoms with Gasteiger partial charge >= 0.3 is 5.97 Å². The van der Waals surface area contributed by atoms with Gasteiger partial charge in [-0.15, -0.1) is 11.3 Å². The summed E-state index contributed by atoms with van der Waals surface area (Å²) in [5.41, 5.74) is 2.01. The lowest BCUT2D eigenvalue weighted by atomic mass is 10.3. The van der Waals surface area contributed by atoms with Crippen LogP contribution in [-0.4, -0.2) is 18.1 Å². The van der Waals surface area contributed by atoms with Gasteiger partial charge in [0.15, 0.2) is 0 Å². The van der Waals surface area contributed by atoms with Gasteiger partial charge in [0.1, 0.15) is 0 Å². The standard InChI is InChI=1S/C14H16N2O2S/c1-10-13(4-3-7-15-10)16-9-12-6-5-11(19-12)8-14(17)18-2/h3-7,16H,8-9H2,1-2H3. The van der Waals surface area contributed by atoms with E-state index in [4.69, 9.17) is 0 Å². The Balaban J connectivity index is 1.94. The van der Waals surface area contributed by atoms with Crippen molar-refractivity contribution in [3.8, 4) is 0 Å². The maximum atomic E-state index is 11.2. The van der Waals surface area contributed by atoms with Crippen LogP contribution < -0.4 is 5.32 Å². The highest BCUT2D eigenvalue weighted by Crippen LogP contribution is 2.19. The first-order chi connectivity index (χ1) is 9.19. The van der Waals surface area contributed by atoms with Crippen LogP contribution >= 0.6 is 11.3 Å². The highest BCUT2D eigenvalue weighted by Gasteiger charge is 2.06. The van der Waals surface area contributed by atoms with Gasteiger partial charge in [0, 0.05) is 22.5 Å². The quantitative estimate of drug-likeness (QED) is 0.853. The molecule has 2 aromatic heterocycles. The second-order valence-corrected chi connectivity index (χ2v) is 5.36. The van der Waals surface area contributed by atoms with Gasteiger partial charge in [-0.25, -0.2) is 0 Å². The van der Waals surface area contributed by atoms with E-state index in [1.165, 1.54) is 12.0 Å². The number of aryl methyl sites for hydroxylation is 1. The first-order valence-corrected chi connectivity index (χ1v) is 6.80. The van der Waals surface area contributed by atoms with Crippen molar-refractivity contribution in [3.05, 3.63) is 45.9 Å². The summed E-state index contributed by atoms with van der Waals surface area (Å²) in [6.45, 7) is 2.71. The van der Waals surface area contributed by atoms with Crippen LogP contribution in [-0.2, 0) is 22.5 Å². The molecule has 19 heavy (non-hydrogen) atoms. The molecule has 0 unspecified atom stereocenters. The number of anilines is 1. The Morgan fingerprint density at radius 3 is 2.89 bits per heavy atom. The number of carbonyl (C=O) groups excluding carboxylic acids is 1. The van der Waals surface area contributed by atoms with E-state index in [2.05, 4.69) is 15.0 Å². The third kappa shape index (κ3) is 3.79. The molecule has 2 heterocycles. The maximum Gasteiger partial charge on any atom is 0.310 e. The number of rotatable bonds is 5. The predicted octanol–water partition coefficient (Wildman–Crippen LogP) is 2.78. The van der Waals surface area contributed by atoms with Crippen molar-refractivity contribution < 1.29 is 9.53 Å². The molecule has 0 radical (unpaired) electrons. The summed E-state index contributed by atoms with van der Waals surface area (Å²) in [6, 6.07) is 7.91. The minimum Gasteiger partial charge on any atom is -0.469 e. The molecule has 0 aliphatic rings. The number of hydrogen-bond donors (Lipinski definition) is 1. The summed E-state index contributed by atoms with van der Waals surface area (Å²) in [7, 11) is 1.41. The number of nitrogens with one attached hydrogen (secondary N) is 1. The highest BCUT2D eigenvalue weighted by atomic mass is 32.1. The lowest BCUT2D eigenvalue weighted by Gasteiger charge is -2.06. The number of methoxy groups -OCH3 is 1. The molecule has 1 N–H and O–H groups in total. The predicted molar refractivity (Wildman–Crippen MR) is 76.3 cm³/mol. The zero-order valence-electron chi connectivity index (χ0n) is 11.0. The van der Waals surface area contributed by atoms with Crippen LogP contribution in [0, 0.1) is 6.92 Å². The van der Waals surface area contributed by atoms with Crippen molar-refractivity contribution in [2.45, 2.75) is 19.9 Å². The molecule has 5 heteroatoms. The molecule has 0 amide bonds. The normalized spacial score (nSPS) is 10.2. The van der Waals surface area contributed by atoms with Crippen LogP contribution in [0.3, 0.4) is 0 Å². The molecule has 0 saturated heterocycles. The van der Waals surface area contributed by atoms with E-state index in [0.29, 0.717) is 6.42 Å². The summed E-state index contributed by atoms with van der Waals surface area (Å²) in [4.78, 5) is 17.6. The average Bonchev–Trinajstić information content (AvgIpc) is 2.85. The van der Waals surface area contributed by atoms with Gasteiger partial charge < -0.3 is 10.1 Å². The van der Waals surface area contributed by atoms with Crippen molar-refractivity contribution >= 4 is 23.0 Å². The summed E-state index contributed by atoms with van der Waals surface area (Å²) < 4.78 is 4.65. The number of thiophene rings is 1. The smallest absolute Gasteiger partial charge is 0.310 e. The monoisotopic (exact) mass is 276 g/mol. The molecule has 0 aliphatic carbocycles. The van der Waals surface area contributed by atoms with Gasteiger partial charge in [-0.05, 0) is 31.2 Å². The third-order valence-corrected chi connectivity index (χ3v) is 3.81. The Kier molecular flexibility index (Phi) is 4.52. The second kappa shape index (κ2) is 6.33. The van der Waals surface area contributed by atoms with Crippen molar-refractivity contribution in [2.24, 2.45) is 0 Å². The average molecular weight is 276 g/mol. The minimum atomic E-state index is -0.204. The van der Waals surface area contributed by atoms with Gasteiger partial charge in [0.05, 0.1) is 24.9 Å². The van der Waals surface area contributed by atoms with Gasteiger partial charge in [-0.3, -0.25) is 9.78 Å². The molecule has 0 saturated carbocycles. The number of carbonyl (C=O) groups is 1. The second-order valence-electron chi connectivity index (χ2n) is 4.11. The molecule has 100 valence electrons. The number of nitrogens with zero attached hydrogens (tertiary/aromatic N) is 1. The van der Waals surface area contributed by atoms with Crippen LogP contribution in [0.4, 0.5) is 5.69 Å². The van der Waals surface area contributed by atoms with Crippen LogP contribution in [0.5, 0.6) is 0 Å². The van der Waals surface area contributed by atoms with Crippen LogP contribution in [0.1, 0.15) is 15.4 Å². The summed E-state index contributed by atoms with van der Waals surface area (Å²) in [6.07, 6.45) is 2.12. The maximum absolute atomic E-state index is 11.2. The summed E-state index contributed by atoms with van der Waals surface area (Å²) in [5.74, 6) is -0.204. The molecular weight excluding hydrogens is 260 g/mol. The first-order valence-electron chi connectivity index (χ1n) is 5.99. The van der Waals surface area contributed by atoms with Crippen molar-refractivity contribution in [3.63, 3.8) is 0 Å². The number of ether oxygens (including phenoxy) is 1. The van der Waals surface area contributed by atoms with Gasteiger partial charge in [-0.2, -0.15) is 0 Å². The SMILES string of the molecule is COC(=O)Cc1ccc(CNc2cccnc2C)s1. The lowest BCUT2D eigenvalue weighted by Crippen LogP contribution is -2.02. The number of pyridine rings is 1. The van der Waals surface area contributed by atoms with Gasteiger partial charge in [-0.1, -0.05) is 0 Å². The molecule has 0 fully saturated rings. The number of esters is 1. The van der Waals surface area contributed by atoms with Crippen molar-refractivity contribution in [1.82, 2.24) is 4.98 Å². The van der Waals surface area contributed by atoms with Crippen LogP contribution in [0.2, 0.25) is 0 Å². The fourth-order valence-corrected chi connectivity index (χ4v) is 2.62. The molecule has 0 aliphatic heterocycles. The summed E-state index contributed by atoms with van der Waals surface area (Å²) in [5, 5.41) is 3.34. The Hall–Kier alpha value is -1.88. The number of aromatic nitrogens is 1. The number of hydrogen-bond acceptors (Lipinski definition) is 5. The third-order valence-electron chi connectivity index (χ3n) is 2.72. The van der Waals surface area contributed by atoms with Gasteiger partial charge in [0.2, 0.25) is 0 Å². The van der Waals surface area contributed by atoms with E-state index >= 15 is 0 Å². The molecule has 0 atom stereocenters. The zero-order chi connectivity index (χ0) is 13.7. The molecule has 0 aromatic carbocycles. The van der Waals surface area contributed by atoms with E-state index in [0.717, 1.165) is 22.8 Å². The fraction of sp³-hybridized carbons (Fsp3) is 0.286. The van der Waals surface area contributed by atoms with E-state index in [1.807, 2.05) is 31.2 Å². The van der Waals surface area contributed by atoms with Crippen molar-refractivity contribution in [1.29, 1.82) is 0 Å². The first kappa shape index (κ1) is 13.5. The van der Waals surface area contributed by atoms with E-state index in [1.54, 1.807) is 17.5 Å². The lowest BCUT2D eigenvalue weighted by molar-refractivity contribution is -0.139. The molecule has 0 spiro atoms. The molecule has 0 bridgehead atoms. The molecule has 2 rings (SSSR count). The van der Waals surface area contributed by atoms with E-state index in [9.17, 15) is 4.79 Å². The Morgan fingerprint density at radius 2 is 2.16 bits per heavy atom. The Bertz CT molecular complexity index is 566. The largest absolute Gasteiger partial charge is 0.469 e. The topological polar surface area (TPSA) is 51.2 Å². The molecule has 4 nitrogen and oxygen atoms in total. The Labute approximate surface area is 116 Å². The minimum absolute atomic E-state index is 0.204. The fourth-order valence-electron chi connectivity index (χ4n) is 1.68. The van der Waals surface area contributed by atoms with Gasteiger partial charge in [0.25, 0.3) is 0 Å². The highest BCUT2D eigenvalue weighted by molar-refractivity contribution is 7.12. The van der Waals surface area contributed by atoms with Crippen LogP contribution in [0.15, 0.2) is 30.5 Å². The van der Waals surface area contributed by atoms with E-state index < -0.39 is 0 Å². The molecule has 2 aromatic rings. The van der Waals surface area contributed by atoms with Crippen LogP contribution in [0.25, 0.3) is 0 Å².